The fourth-order valence-electron chi connectivity index (χ4n) is 4.35. The zero-order valence-corrected chi connectivity index (χ0v) is 18.9. The third kappa shape index (κ3) is 4.83. The van der Waals surface area contributed by atoms with Crippen molar-refractivity contribution in [2.24, 2.45) is 5.92 Å². The maximum atomic E-state index is 14.3. The second-order valence-corrected chi connectivity index (χ2v) is 8.53. The first-order chi connectivity index (χ1) is 16.2. The van der Waals surface area contributed by atoms with Crippen LogP contribution in [-0.4, -0.2) is 21.6 Å². The van der Waals surface area contributed by atoms with Crippen molar-refractivity contribution in [2.75, 3.05) is 10.6 Å². The Kier molecular flexibility index (Phi) is 6.72. The highest BCUT2D eigenvalue weighted by molar-refractivity contribution is 6.06. The molecule has 2 amide bonds. The largest absolute Gasteiger partial charge is 0.323 e. The Balaban J connectivity index is 1.54. The summed E-state index contributed by atoms with van der Waals surface area (Å²) in [4.78, 5) is 25.5. The summed E-state index contributed by atoms with van der Waals surface area (Å²) in [5, 5.41) is 9.56. The minimum absolute atomic E-state index is 0.00843. The molecule has 0 radical (unpaired) electrons. The van der Waals surface area contributed by atoms with Crippen molar-refractivity contribution >= 4 is 23.2 Å². The molecule has 1 heterocycles. The van der Waals surface area contributed by atoms with Crippen molar-refractivity contribution in [3.8, 4) is 5.69 Å². The van der Waals surface area contributed by atoms with Crippen LogP contribution in [0.15, 0.2) is 36.4 Å². The van der Waals surface area contributed by atoms with Crippen LogP contribution < -0.4 is 10.6 Å². The second kappa shape index (κ2) is 9.70. The minimum atomic E-state index is -0.811. The molecule has 0 atom stereocenters. The number of carbonyl (C=O) groups is 2. The molecule has 6 nitrogen and oxygen atoms in total. The van der Waals surface area contributed by atoms with E-state index < -0.39 is 23.4 Å². The van der Waals surface area contributed by atoms with E-state index >= 15 is 0 Å². The highest BCUT2D eigenvalue weighted by Crippen LogP contribution is 2.27. The number of nitrogens with zero attached hydrogens (tertiary/aromatic N) is 2. The van der Waals surface area contributed by atoms with Crippen LogP contribution in [0.3, 0.4) is 0 Å². The van der Waals surface area contributed by atoms with Crippen molar-refractivity contribution in [2.45, 2.75) is 46.0 Å². The lowest BCUT2D eigenvalue weighted by Gasteiger charge is -2.21. The van der Waals surface area contributed by atoms with Gasteiger partial charge in [0.25, 0.3) is 5.91 Å². The number of hydrogen-bond acceptors (Lipinski definition) is 3. The molecule has 178 valence electrons. The minimum Gasteiger partial charge on any atom is -0.323 e. The van der Waals surface area contributed by atoms with Gasteiger partial charge in [0.05, 0.1) is 22.6 Å². The van der Waals surface area contributed by atoms with Crippen LogP contribution in [-0.2, 0) is 4.79 Å². The Labute approximate surface area is 195 Å². The lowest BCUT2D eigenvalue weighted by molar-refractivity contribution is -0.120. The number of halogens is 3. The monoisotopic (exact) mass is 470 g/mol. The molecule has 34 heavy (non-hydrogen) atoms. The smallest absolute Gasteiger partial charge is 0.259 e. The molecule has 0 spiro atoms. The van der Waals surface area contributed by atoms with Gasteiger partial charge in [-0.05, 0) is 57.0 Å². The fraction of sp³-hybridized carbons (Fsp3) is 0.320. The van der Waals surface area contributed by atoms with Crippen LogP contribution in [0, 0.1) is 37.2 Å². The molecule has 4 rings (SSSR count). The Morgan fingerprint density at radius 3 is 2.38 bits per heavy atom. The predicted octanol–water partition coefficient (Wildman–Crippen LogP) is 5.68. The number of carbonyl (C=O) groups excluding carboxylic acids is 2. The first-order valence-corrected chi connectivity index (χ1v) is 11.2. The fourth-order valence-corrected chi connectivity index (χ4v) is 4.35. The summed E-state index contributed by atoms with van der Waals surface area (Å²) in [5.41, 5.74) is 1.19. The summed E-state index contributed by atoms with van der Waals surface area (Å²) in [6.45, 7) is 3.19. The maximum Gasteiger partial charge on any atom is 0.259 e. The van der Waals surface area contributed by atoms with Gasteiger partial charge >= 0.3 is 0 Å². The standard InChI is InChI=1S/C25H25F3N4O2/c1-14-23(15(2)32(31-14)22-11-8-17(26)12-20(22)28)25(34)29-18-9-10-19(27)21(13-18)30-24(33)16-6-4-3-5-7-16/h8-13,16H,3-7H2,1-2H3,(H,29,34)(H,30,33). The van der Waals surface area contributed by atoms with Gasteiger partial charge in [0.2, 0.25) is 5.91 Å². The normalized spacial score (nSPS) is 14.1. The van der Waals surface area contributed by atoms with Gasteiger partial charge in [-0.3, -0.25) is 9.59 Å². The van der Waals surface area contributed by atoms with Crippen molar-refractivity contribution in [1.82, 2.24) is 9.78 Å². The van der Waals surface area contributed by atoms with Gasteiger partial charge in [-0.1, -0.05) is 19.3 Å². The summed E-state index contributed by atoms with van der Waals surface area (Å²) in [5.74, 6) is -3.03. The van der Waals surface area contributed by atoms with Gasteiger partial charge < -0.3 is 10.6 Å². The molecule has 0 saturated heterocycles. The number of anilines is 2. The summed E-state index contributed by atoms with van der Waals surface area (Å²) in [7, 11) is 0. The van der Waals surface area contributed by atoms with E-state index in [9.17, 15) is 22.8 Å². The van der Waals surface area contributed by atoms with Crippen molar-refractivity contribution in [3.63, 3.8) is 0 Å². The topological polar surface area (TPSA) is 76.0 Å². The summed E-state index contributed by atoms with van der Waals surface area (Å²) in [6, 6.07) is 7.01. The first kappa shape index (κ1) is 23.5. The van der Waals surface area contributed by atoms with Crippen molar-refractivity contribution in [3.05, 3.63) is 70.8 Å². The number of nitrogens with one attached hydrogen (secondary N) is 2. The molecule has 3 aromatic rings. The molecule has 1 fully saturated rings. The second-order valence-electron chi connectivity index (χ2n) is 8.53. The maximum absolute atomic E-state index is 14.3. The Morgan fingerprint density at radius 2 is 1.68 bits per heavy atom. The lowest BCUT2D eigenvalue weighted by Crippen LogP contribution is -2.25. The van der Waals surface area contributed by atoms with Crippen LogP contribution in [0.5, 0.6) is 0 Å². The van der Waals surface area contributed by atoms with Gasteiger partial charge in [0, 0.05) is 17.7 Å². The van der Waals surface area contributed by atoms with Gasteiger partial charge in [0.15, 0.2) is 5.82 Å². The predicted molar refractivity (Wildman–Crippen MR) is 123 cm³/mol. The summed E-state index contributed by atoms with van der Waals surface area (Å²) in [6.07, 6.45) is 4.61. The van der Waals surface area contributed by atoms with Crippen LogP contribution in [0.2, 0.25) is 0 Å². The lowest BCUT2D eigenvalue weighted by atomic mass is 9.88. The number of benzene rings is 2. The third-order valence-corrected chi connectivity index (χ3v) is 6.11. The van der Waals surface area contributed by atoms with Crippen molar-refractivity contribution < 1.29 is 22.8 Å². The van der Waals surface area contributed by atoms with Gasteiger partial charge in [0.1, 0.15) is 17.3 Å². The van der Waals surface area contributed by atoms with E-state index in [2.05, 4.69) is 15.7 Å². The van der Waals surface area contributed by atoms with Crippen LogP contribution >= 0.6 is 0 Å². The summed E-state index contributed by atoms with van der Waals surface area (Å²) < 4.78 is 43.1. The van der Waals surface area contributed by atoms with Crippen LogP contribution in [0.4, 0.5) is 24.5 Å². The summed E-state index contributed by atoms with van der Waals surface area (Å²) >= 11 is 0. The molecular weight excluding hydrogens is 445 g/mol. The molecule has 0 unspecified atom stereocenters. The van der Waals surface area contributed by atoms with E-state index in [0.29, 0.717) is 11.4 Å². The molecule has 2 aromatic carbocycles. The average Bonchev–Trinajstić information content (AvgIpc) is 3.10. The molecule has 1 saturated carbocycles. The number of aryl methyl sites for hydroxylation is 1. The zero-order valence-electron chi connectivity index (χ0n) is 18.9. The van der Waals surface area contributed by atoms with Gasteiger partial charge in [-0.25, -0.2) is 17.9 Å². The Bertz CT molecular complexity index is 1250. The van der Waals surface area contributed by atoms with E-state index in [1.54, 1.807) is 13.8 Å². The molecule has 1 aliphatic carbocycles. The SMILES string of the molecule is Cc1nn(-c2ccc(F)cc2F)c(C)c1C(=O)Nc1ccc(F)c(NC(=O)C2CCCCC2)c1. The van der Waals surface area contributed by atoms with E-state index in [4.69, 9.17) is 0 Å². The highest BCUT2D eigenvalue weighted by Gasteiger charge is 2.23. The quantitative estimate of drug-likeness (QED) is 0.504. The van der Waals surface area contributed by atoms with Crippen LogP contribution in [0.25, 0.3) is 5.69 Å². The number of amides is 2. The Morgan fingerprint density at radius 1 is 0.941 bits per heavy atom. The first-order valence-electron chi connectivity index (χ1n) is 11.2. The van der Waals surface area contributed by atoms with Gasteiger partial charge in [-0.15, -0.1) is 0 Å². The molecule has 0 bridgehead atoms. The molecule has 0 aliphatic heterocycles. The van der Waals surface area contributed by atoms with Crippen LogP contribution in [0.1, 0.15) is 53.8 Å². The number of rotatable bonds is 5. The van der Waals surface area contributed by atoms with E-state index in [0.717, 1.165) is 44.2 Å². The number of aromatic nitrogens is 2. The molecule has 1 aliphatic rings. The molecule has 9 heteroatoms. The highest BCUT2D eigenvalue weighted by atomic mass is 19.1. The average molecular weight is 470 g/mol. The Hall–Kier alpha value is -3.62. The zero-order chi connectivity index (χ0) is 24.4. The van der Waals surface area contributed by atoms with Gasteiger partial charge in [-0.2, -0.15) is 5.10 Å². The van der Waals surface area contributed by atoms with E-state index in [1.165, 1.54) is 28.9 Å². The third-order valence-electron chi connectivity index (χ3n) is 6.11. The molecule has 2 N–H and O–H groups in total. The molecule has 1 aromatic heterocycles. The van der Waals surface area contributed by atoms with E-state index in [1.807, 2.05) is 0 Å². The van der Waals surface area contributed by atoms with Crippen molar-refractivity contribution in [1.29, 1.82) is 0 Å². The molecular formula is C25H25F3N4O2. The van der Waals surface area contributed by atoms with E-state index in [-0.39, 0.29) is 34.5 Å². The number of hydrogen-bond donors (Lipinski definition) is 2.